The Morgan fingerprint density at radius 3 is 2.53 bits per heavy atom. The second-order valence-electron chi connectivity index (χ2n) is 10.9. The van der Waals surface area contributed by atoms with E-state index in [1.54, 1.807) is 12.1 Å². The van der Waals surface area contributed by atoms with Crippen molar-refractivity contribution in [3.8, 4) is 0 Å². The molecule has 1 aliphatic carbocycles. The predicted octanol–water partition coefficient (Wildman–Crippen LogP) is 7.42. The fraction of sp³-hybridized carbons (Fsp3) is 0.265. The number of hydrogen-bond acceptors (Lipinski definition) is 6. The summed E-state index contributed by atoms with van der Waals surface area (Å²) in [4.78, 5) is 33.4. The molecule has 0 spiro atoms. The van der Waals surface area contributed by atoms with Crippen LogP contribution in [0.15, 0.2) is 66.7 Å². The molecule has 0 saturated carbocycles. The number of nitrogens with zero attached hydrogens (tertiary/aromatic N) is 2. The number of fused-ring (bicyclic) bond motifs is 2. The van der Waals surface area contributed by atoms with Gasteiger partial charge in [-0.15, -0.1) is 0 Å². The molecule has 1 amide bonds. The van der Waals surface area contributed by atoms with Crippen molar-refractivity contribution >= 4 is 57.4 Å². The zero-order valence-corrected chi connectivity index (χ0v) is 24.9. The Morgan fingerprint density at radius 2 is 1.78 bits per heavy atom. The highest BCUT2D eigenvalue weighted by molar-refractivity contribution is 6.30. The van der Waals surface area contributed by atoms with E-state index in [9.17, 15) is 22.8 Å². The van der Waals surface area contributed by atoms with Crippen LogP contribution >= 0.6 is 11.6 Å². The Hall–Kier alpha value is -4.41. The SMILES string of the molecule is O=C(COC(=O)c1c2c(nc3ccccc13)/C(=C/c1ccc(Cl)cc1)CCC2)Nc1cc(C(F)(F)F)ccc1N1CCOCC1. The molecule has 6 rings (SSSR count). The number of rotatable bonds is 6. The number of hydrogen-bond donors (Lipinski definition) is 1. The number of ether oxygens (including phenoxy) is 2. The van der Waals surface area contributed by atoms with E-state index in [0.29, 0.717) is 65.6 Å². The number of allylic oxidation sites excluding steroid dienone is 1. The van der Waals surface area contributed by atoms with Gasteiger partial charge in [-0.2, -0.15) is 13.2 Å². The minimum absolute atomic E-state index is 0.0171. The van der Waals surface area contributed by atoms with Crippen molar-refractivity contribution in [3.63, 3.8) is 0 Å². The van der Waals surface area contributed by atoms with Gasteiger partial charge in [0.05, 0.1) is 46.9 Å². The summed E-state index contributed by atoms with van der Waals surface area (Å²) in [5, 5.41) is 3.76. The van der Waals surface area contributed by atoms with E-state index in [1.807, 2.05) is 47.4 Å². The molecule has 1 aliphatic heterocycles. The molecule has 7 nitrogen and oxygen atoms in total. The highest BCUT2D eigenvalue weighted by Crippen LogP contribution is 2.38. The molecule has 0 bridgehead atoms. The smallest absolute Gasteiger partial charge is 0.416 e. The molecule has 2 aliphatic rings. The van der Waals surface area contributed by atoms with E-state index in [1.165, 1.54) is 6.07 Å². The minimum atomic E-state index is -4.60. The van der Waals surface area contributed by atoms with Crippen molar-refractivity contribution in [1.29, 1.82) is 0 Å². The van der Waals surface area contributed by atoms with Gasteiger partial charge in [0.1, 0.15) is 0 Å². The van der Waals surface area contributed by atoms with Gasteiger partial charge in [-0.3, -0.25) is 4.79 Å². The van der Waals surface area contributed by atoms with Gasteiger partial charge < -0.3 is 19.7 Å². The highest BCUT2D eigenvalue weighted by atomic mass is 35.5. The van der Waals surface area contributed by atoms with Gasteiger partial charge in [-0.05, 0) is 78.4 Å². The number of amides is 1. The number of halogens is 4. The van der Waals surface area contributed by atoms with Crippen LogP contribution in [0.1, 0.15) is 45.6 Å². The van der Waals surface area contributed by atoms with E-state index >= 15 is 0 Å². The number of carbonyl (C=O) groups excluding carboxylic acids is 2. The maximum Gasteiger partial charge on any atom is 0.416 e. The predicted molar refractivity (Wildman–Crippen MR) is 167 cm³/mol. The van der Waals surface area contributed by atoms with Crippen LogP contribution in [0.2, 0.25) is 5.02 Å². The summed E-state index contributed by atoms with van der Waals surface area (Å²) >= 11 is 6.06. The maximum absolute atomic E-state index is 13.7. The fourth-order valence-corrected chi connectivity index (χ4v) is 5.88. The number of esters is 1. The number of aromatic nitrogens is 1. The summed E-state index contributed by atoms with van der Waals surface area (Å²) in [5.74, 6) is -1.46. The number of pyridine rings is 1. The average Bonchev–Trinajstić information content (AvgIpc) is 3.04. The fourth-order valence-electron chi connectivity index (χ4n) is 5.75. The third kappa shape index (κ3) is 6.82. The molecular weight excluding hydrogens is 607 g/mol. The molecule has 3 aromatic carbocycles. The molecule has 1 fully saturated rings. The average molecular weight is 636 g/mol. The third-order valence-electron chi connectivity index (χ3n) is 7.87. The van der Waals surface area contributed by atoms with Crippen LogP contribution < -0.4 is 10.2 Å². The summed E-state index contributed by atoms with van der Waals surface area (Å²) in [6.07, 6.45) is -0.431. The van der Waals surface area contributed by atoms with Crippen molar-refractivity contribution in [1.82, 2.24) is 4.98 Å². The molecule has 45 heavy (non-hydrogen) atoms. The van der Waals surface area contributed by atoms with E-state index in [0.717, 1.165) is 41.7 Å². The number of benzene rings is 3. The standard InChI is InChI=1S/C34H29ClF3N3O4/c35-24-11-8-21(9-12-24)18-22-4-3-6-26-31(25-5-1-2-7-27(25)40-32(22)26)33(43)45-20-30(42)39-28-19-23(34(36,37)38)10-13-29(28)41-14-16-44-17-15-41/h1-2,5,7-13,18-19H,3-4,6,14-17,20H2,(H,39,42)/b22-18+. The van der Waals surface area contributed by atoms with Crippen LogP contribution in [0, 0.1) is 0 Å². The summed E-state index contributed by atoms with van der Waals surface area (Å²) in [6.45, 7) is 1.05. The summed E-state index contributed by atoms with van der Waals surface area (Å²) < 4.78 is 51.4. The Labute approximate surface area is 262 Å². The van der Waals surface area contributed by atoms with E-state index in [2.05, 4.69) is 5.32 Å². The minimum Gasteiger partial charge on any atom is -0.452 e. The summed E-state index contributed by atoms with van der Waals surface area (Å²) in [7, 11) is 0. The first-order chi connectivity index (χ1) is 21.7. The van der Waals surface area contributed by atoms with Crippen molar-refractivity contribution < 1.29 is 32.2 Å². The third-order valence-corrected chi connectivity index (χ3v) is 8.12. The molecular formula is C34H29ClF3N3O4. The quantitative estimate of drug-likeness (QED) is 0.222. The van der Waals surface area contributed by atoms with E-state index < -0.39 is 30.2 Å². The molecule has 232 valence electrons. The van der Waals surface area contributed by atoms with E-state index in [-0.39, 0.29) is 5.69 Å². The molecule has 0 radical (unpaired) electrons. The molecule has 1 N–H and O–H groups in total. The lowest BCUT2D eigenvalue weighted by Crippen LogP contribution is -2.37. The first-order valence-electron chi connectivity index (χ1n) is 14.6. The van der Waals surface area contributed by atoms with Crippen LogP contribution in [0.5, 0.6) is 0 Å². The number of anilines is 2. The second-order valence-corrected chi connectivity index (χ2v) is 11.3. The number of carbonyl (C=O) groups is 2. The van der Waals surface area contributed by atoms with Gasteiger partial charge in [-0.1, -0.05) is 41.9 Å². The van der Waals surface area contributed by atoms with Gasteiger partial charge >= 0.3 is 12.1 Å². The van der Waals surface area contributed by atoms with Gasteiger partial charge in [0, 0.05) is 23.5 Å². The molecule has 1 aromatic heterocycles. The number of alkyl halides is 3. The van der Waals surface area contributed by atoms with Gasteiger partial charge in [-0.25, -0.2) is 9.78 Å². The van der Waals surface area contributed by atoms with Crippen molar-refractivity contribution in [3.05, 3.63) is 99.7 Å². The Balaban J connectivity index is 1.27. The summed E-state index contributed by atoms with van der Waals surface area (Å²) in [5.41, 5.74) is 3.80. The first-order valence-corrected chi connectivity index (χ1v) is 14.9. The topological polar surface area (TPSA) is 80.8 Å². The van der Waals surface area contributed by atoms with Crippen LogP contribution in [-0.4, -0.2) is 49.8 Å². The lowest BCUT2D eigenvalue weighted by Gasteiger charge is -2.31. The number of nitrogens with one attached hydrogen (secondary N) is 1. The molecule has 1 saturated heterocycles. The van der Waals surface area contributed by atoms with Crippen molar-refractivity contribution in [2.75, 3.05) is 43.1 Å². The largest absolute Gasteiger partial charge is 0.452 e. The second kappa shape index (κ2) is 12.9. The van der Waals surface area contributed by atoms with E-state index in [4.69, 9.17) is 26.1 Å². The highest BCUT2D eigenvalue weighted by Gasteiger charge is 2.32. The van der Waals surface area contributed by atoms with Crippen molar-refractivity contribution in [2.45, 2.75) is 25.4 Å². The van der Waals surface area contributed by atoms with Crippen LogP contribution in [0.3, 0.4) is 0 Å². The number of para-hydroxylation sites is 1. The maximum atomic E-state index is 13.7. The van der Waals surface area contributed by atoms with Crippen LogP contribution in [0.4, 0.5) is 24.5 Å². The van der Waals surface area contributed by atoms with Crippen LogP contribution in [0.25, 0.3) is 22.6 Å². The summed E-state index contributed by atoms with van der Waals surface area (Å²) in [6, 6.07) is 17.9. The first kappa shape index (κ1) is 30.6. The molecule has 4 aromatic rings. The van der Waals surface area contributed by atoms with Gasteiger partial charge in [0.2, 0.25) is 0 Å². The molecule has 0 atom stereocenters. The number of morpholine rings is 1. The monoisotopic (exact) mass is 635 g/mol. The Morgan fingerprint density at radius 1 is 1.02 bits per heavy atom. The van der Waals surface area contributed by atoms with Crippen LogP contribution in [-0.2, 0) is 26.9 Å². The zero-order valence-electron chi connectivity index (χ0n) is 24.1. The zero-order chi connectivity index (χ0) is 31.6. The van der Waals surface area contributed by atoms with Crippen molar-refractivity contribution in [2.24, 2.45) is 0 Å². The lowest BCUT2D eigenvalue weighted by molar-refractivity contribution is -0.137. The molecule has 11 heteroatoms. The lowest BCUT2D eigenvalue weighted by atomic mass is 9.86. The molecule has 2 heterocycles. The Bertz CT molecular complexity index is 1780. The van der Waals surface area contributed by atoms with Gasteiger partial charge in [0.15, 0.2) is 6.61 Å². The molecule has 0 unspecified atom stereocenters. The Kier molecular flexibility index (Phi) is 8.78. The normalized spacial score (nSPS) is 16.0. The van der Waals surface area contributed by atoms with Gasteiger partial charge in [0.25, 0.3) is 5.91 Å².